The quantitative estimate of drug-likeness (QED) is 0.440. The molecule has 1 rings (SSSR count). The summed E-state index contributed by atoms with van der Waals surface area (Å²) in [5, 5.41) is 0.315. The molecule has 0 aromatic heterocycles. The second-order valence-electron chi connectivity index (χ2n) is 3.69. The molecule has 6 heteroatoms. The molecule has 20 heavy (non-hydrogen) atoms. The molecule has 0 aliphatic carbocycles. The molecule has 0 atom stereocenters. The summed E-state index contributed by atoms with van der Waals surface area (Å²) in [5.74, 6) is -1.16. The number of Topliss-reactive ketones (excluding diaryl/α,β-unsaturated/α-hetero) is 1. The molecule has 1 aromatic rings. The van der Waals surface area contributed by atoms with Gasteiger partial charge in [0.15, 0.2) is 0 Å². The molecule has 0 saturated heterocycles. The highest BCUT2D eigenvalue weighted by atomic mass is 35.5. The van der Waals surface area contributed by atoms with Crippen molar-refractivity contribution in [2.75, 3.05) is 19.8 Å². The number of carbonyl (C=O) groups excluding carboxylic acids is 2. The summed E-state index contributed by atoms with van der Waals surface area (Å²) in [6.45, 7) is 6.04. The second-order valence-corrected chi connectivity index (χ2v) is 4.10. The molecule has 0 heterocycles. The summed E-state index contributed by atoms with van der Waals surface area (Å²) < 4.78 is 15.3. The van der Waals surface area contributed by atoms with E-state index in [1.165, 1.54) is 12.1 Å². The van der Waals surface area contributed by atoms with E-state index in [1.807, 2.05) is 0 Å². The number of ketones is 1. The number of hydrogen-bond donors (Lipinski definition) is 0. The standard InChI is InChI=1S/C14H17ClO5/c1-4-18-11-8-10(15)12(19-5-2)7-9(11)13(16)14(17)20-6-3/h7-8H,4-6H2,1-3H3. The van der Waals surface area contributed by atoms with Crippen LogP contribution in [0.5, 0.6) is 11.5 Å². The van der Waals surface area contributed by atoms with Gasteiger partial charge in [0, 0.05) is 6.07 Å². The van der Waals surface area contributed by atoms with Crippen molar-refractivity contribution in [3.8, 4) is 11.5 Å². The topological polar surface area (TPSA) is 61.8 Å². The molecule has 1 aromatic carbocycles. The Balaban J connectivity index is 3.22. The lowest BCUT2D eigenvalue weighted by Crippen LogP contribution is -2.18. The molecule has 0 spiro atoms. The van der Waals surface area contributed by atoms with Crippen LogP contribution >= 0.6 is 11.6 Å². The highest BCUT2D eigenvalue weighted by Crippen LogP contribution is 2.33. The van der Waals surface area contributed by atoms with E-state index in [0.29, 0.717) is 24.0 Å². The molecule has 0 fully saturated rings. The maximum atomic E-state index is 12.0. The molecule has 0 aliphatic heterocycles. The highest BCUT2D eigenvalue weighted by molar-refractivity contribution is 6.41. The third-order valence-corrected chi connectivity index (χ3v) is 2.63. The lowest BCUT2D eigenvalue weighted by molar-refractivity contribution is -0.137. The maximum absolute atomic E-state index is 12.0. The van der Waals surface area contributed by atoms with Gasteiger partial charge >= 0.3 is 5.97 Å². The van der Waals surface area contributed by atoms with Crippen LogP contribution in [0.4, 0.5) is 0 Å². The molecular formula is C14H17ClO5. The molecule has 110 valence electrons. The highest BCUT2D eigenvalue weighted by Gasteiger charge is 2.24. The van der Waals surface area contributed by atoms with Crippen LogP contribution in [0.3, 0.4) is 0 Å². The first-order valence-corrected chi connectivity index (χ1v) is 6.73. The number of halogens is 1. The van der Waals surface area contributed by atoms with Gasteiger partial charge in [-0.1, -0.05) is 11.6 Å². The van der Waals surface area contributed by atoms with Gasteiger partial charge in [-0.05, 0) is 26.8 Å². The number of benzene rings is 1. The normalized spacial score (nSPS) is 10.0. The minimum absolute atomic E-state index is 0.0816. The van der Waals surface area contributed by atoms with Gasteiger partial charge in [-0.15, -0.1) is 0 Å². The smallest absolute Gasteiger partial charge is 0.379 e. The Hall–Kier alpha value is -1.75. The van der Waals surface area contributed by atoms with Crippen LogP contribution in [-0.4, -0.2) is 31.6 Å². The van der Waals surface area contributed by atoms with Crippen molar-refractivity contribution in [3.63, 3.8) is 0 Å². The summed E-state index contributed by atoms with van der Waals surface area (Å²) in [5.41, 5.74) is 0.0816. The van der Waals surface area contributed by atoms with Crippen molar-refractivity contribution in [3.05, 3.63) is 22.7 Å². The lowest BCUT2D eigenvalue weighted by atomic mass is 10.1. The Bertz CT molecular complexity index is 499. The summed E-state index contributed by atoms with van der Waals surface area (Å²) in [6, 6.07) is 2.86. The average Bonchev–Trinajstić information content (AvgIpc) is 2.41. The van der Waals surface area contributed by atoms with Gasteiger partial charge in [0.2, 0.25) is 0 Å². The van der Waals surface area contributed by atoms with E-state index in [4.69, 9.17) is 25.8 Å². The lowest BCUT2D eigenvalue weighted by Gasteiger charge is -2.13. The molecule has 5 nitrogen and oxygen atoms in total. The second kappa shape index (κ2) is 7.75. The SMILES string of the molecule is CCOC(=O)C(=O)c1cc(OCC)c(Cl)cc1OCC. The number of ether oxygens (including phenoxy) is 3. The summed E-state index contributed by atoms with van der Waals surface area (Å²) in [7, 11) is 0. The van der Waals surface area contributed by atoms with Gasteiger partial charge in [0.05, 0.1) is 30.4 Å². The van der Waals surface area contributed by atoms with Gasteiger partial charge in [0.1, 0.15) is 11.5 Å². The van der Waals surface area contributed by atoms with E-state index >= 15 is 0 Å². The largest absolute Gasteiger partial charge is 0.493 e. The molecule has 0 unspecified atom stereocenters. The van der Waals surface area contributed by atoms with E-state index < -0.39 is 11.8 Å². The third-order valence-electron chi connectivity index (χ3n) is 2.34. The van der Waals surface area contributed by atoms with Crippen LogP contribution in [0.1, 0.15) is 31.1 Å². The number of hydrogen-bond acceptors (Lipinski definition) is 5. The Labute approximate surface area is 122 Å². The summed E-state index contributed by atoms with van der Waals surface area (Å²) in [4.78, 5) is 23.6. The van der Waals surface area contributed by atoms with Crippen LogP contribution in [0.25, 0.3) is 0 Å². The van der Waals surface area contributed by atoms with Crippen LogP contribution in [0, 0.1) is 0 Å². The summed E-state index contributed by atoms with van der Waals surface area (Å²) in [6.07, 6.45) is 0. The van der Waals surface area contributed by atoms with Crippen molar-refractivity contribution in [1.29, 1.82) is 0 Å². The van der Waals surface area contributed by atoms with E-state index in [2.05, 4.69) is 0 Å². The average molecular weight is 301 g/mol. The Kier molecular flexibility index (Phi) is 6.31. The number of esters is 1. The predicted octanol–water partition coefficient (Wildman–Crippen LogP) is 2.88. The number of rotatable bonds is 7. The third kappa shape index (κ3) is 3.87. The van der Waals surface area contributed by atoms with Crippen molar-refractivity contribution in [2.45, 2.75) is 20.8 Å². The first-order chi connectivity index (χ1) is 9.54. The van der Waals surface area contributed by atoms with Crippen molar-refractivity contribution in [2.24, 2.45) is 0 Å². The Morgan fingerprint density at radius 3 is 2.15 bits per heavy atom. The van der Waals surface area contributed by atoms with Crippen LogP contribution in [0.2, 0.25) is 5.02 Å². The van der Waals surface area contributed by atoms with E-state index in [1.54, 1.807) is 20.8 Å². The van der Waals surface area contributed by atoms with Gasteiger partial charge in [-0.25, -0.2) is 4.79 Å². The molecule has 0 N–H and O–H groups in total. The Morgan fingerprint density at radius 2 is 1.60 bits per heavy atom. The minimum Gasteiger partial charge on any atom is -0.493 e. The summed E-state index contributed by atoms with van der Waals surface area (Å²) >= 11 is 6.03. The monoisotopic (exact) mass is 300 g/mol. The number of carbonyl (C=O) groups is 2. The van der Waals surface area contributed by atoms with Crippen molar-refractivity contribution in [1.82, 2.24) is 0 Å². The van der Waals surface area contributed by atoms with E-state index in [-0.39, 0.29) is 17.9 Å². The molecule has 0 radical (unpaired) electrons. The van der Waals surface area contributed by atoms with Gasteiger partial charge in [0.25, 0.3) is 5.78 Å². The fraction of sp³-hybridized carbons (Fsp3) is 0.429. The van der Waals surface area contributed by atoms with Gasteiger partial charge < -0.3 is 14.2 Å². The molecular weight excluding hydrogens is 284 g/mol. The zero-order valence-electron chi connectivity index (χ0n) is 11.7. The first-order valence-electron chi connectivity index (χ1n) is 6.35. The fourth-order valence-electron chi connectivity index (χ4n) is 1.56. The van der Waals surface area contributed by atoms with Crippen LogP contribution < -0.4 is 9.47 Å². The van der Waals surface area contributed by atoms with E-state index in [0.717, 1.165) is 0 Å². The van der Waals surface area contributed by atoms with Crippen molar-refractivity contribution < 1.29 is 23.8 Å². The van der Waals surface area contributed by atoms with E-state index in [9.17, 15) is 9.59 Å². The Morgan fingerprint density at radius 1 is 1.00 bits per heavy atom. The van der Waals surface area contributed by atoms with Crippen molar-refractivity contribution >= 4 is 23.4 Å². The predicted molar refractivity (Wildman–Crippen MR) is 74.8 cm³/mol. The van der Waals surface area contributed by atoms with Gasteiger partial charge in [-0.2, -0.15) is 0 Å². The fourth-order valence-corrected chi connectivity index (χ4v) is 1.77. The van der Waals surface area contributed by atoms with Gasteiger partial charge in [-0.3, -0.25) is 4.79 Å². The molecule has 0 aliphatic rings. The van der Waals surface area contributed by atoms with Crippen LogP contribution in [-0.2, 0) is 9.53 Å². The molecule has 0 bridgehead atoms. The zero-order valence-corrected chi connectivity index (χ0v) is 12.5. The maximum Gasteiger partial charge on any atom is 0.379 e. The zero-order chi connectivity index (χ0) is 15.1. The molecule has 0 saturated carbocycles. The van der Waals surface area contributed by atoms with Crippen LogP contribution in [0.15, 0.2) is 12.1 Å². The minimum atomic E-state index is -0.932. The molecule has 0 amide bonds. The first kappa shape index (κ1) is 16.3.